The van der Waals surface area contributed by atoms with E-state index in [2.05, 4.69) is 6.07 Å². The molecule has 2 heterocycles. The van der Waals surface area contributed by atoms with Crippen LogP contribution in [0.5, 0.6) is 0 Å². The van der Waals surface area contributed by atoms with Crippen molar-refractivity contribution in [2.45, 2.75) is 44.6 Å². The van der Waals surface area contributed by atoms with E-state index in [0.29, 0.717) is 17.7 Å². The van der Waals surface area contributed by atoms with Crippen LogP contribution in [0.1, 0.15) is 70.0 Å². The number of fused-ring (bicyclic) bond motifs is 2. The zero-order chi connectivity index (χ0) is 20.7. The molecule has 5 rings (SSSR count). The highest BCUT2D eigenvalue weighted by molar-refractivity contribution is 6.21. The van der Waals surface area contributed by atoms with E-state index in [1.807, 2.05) is 23.1 Å². The summed E-state index contributed by atoms with van der Waals surface area (Å²) < 4.78 is 0. The van der Waals surface area contributed by atoms with Crippen molar-refractivity contribution in [3.63, 3.8) is 0 Å². The predicted octanol–water partition coefficient (Wildman–Crippen LogP) is 3.99. The Morgan fingerprint density at radius 2 is 1.50 bits per heavy atom. The average Bonchev–Trinajstić information content (AvgIpc) is 3.04. The number of carbonyl (C=O) groups excluding carboxylic acids is 3. The van der Waals surface area contributed by atoms with E-state index in [9.17, 15) is 14.4 Å². The summed E-state index contributed by atoms with van der Waals surface area (Å²) >= 11 is 0. The fourth-order valence-electron chi connectivity index (χ4n) is 5.27. The summed E-state index contributed by atoms with van der Waals surface area (Å²) in [4.78, 5) is 42.7. The molecule has 0 bridgehead atoms. The highest BCUT2D eigenvalue weighted by Gasteiger charge is 2.41. The van der Waals surface area contributed by atoms with Crippen molar-refractivity contribution in [3.05, 3.63) is 70.8 Å². The van der Waals surface area contributed by atoms with Gasteiger partial charge < -0.3 is 4.90 Å². The quantitative estimate of drug-likeness (QED) is 0.730. The van der Waals surface area contributed by atoms with Gasteiger partial charge in [0, 0.05) is 12.5 Å². The third kappa shape index (κ3) is 3.13. The number of carbonyl (C=O) groups is 3. The standard InChI is InChI=1S/C25H26N2O3/c28-23(18-9-2-1-3-10-18)26-15-14-17-8-4-5-11-19(17)22(26)16-27-24(29)20-12-6-7-13-21(20)25(27)30/h4-8,11-13,18,22H,1-3,9-10,14-16H2/t22-/m1/s1. The first-order valence-electron chi connectivity index (χ1n) is 11.0. The fraction of sp³-hybridized carbons (Fsp3) is 0.400. The summed E-state index contributed by atoms with van der Waals surface area (Å²) in [6.07, 6.45) is 6.10. The molecule has 0 N–H and O–H groups in total. The van der Waals surface area contributed by atoms with E-state index in [1.54, 1.807) is 24.3 Å². The number of hydrogen-bond donors (Lipinski definition) is 0. The van der Waals surface area contributed by atoms with Crippen LogP contribution < -0.4 is 0 Å². The predicted molar refractivity (Wildman–Crippen MR) is 113 cm³/mol. The molecule has 0 spiro atoms. The summed E-state index contributed by atoms with van der Waals surface area (Å²) in [5, 5.41) is 0. The Morgan fingerprint density at radius 3 is 2.20 bits per heavy atom. The number of hydrogen-bond acceptors (Lipinski definition) is 3. The molecule has 1 atom stereocenters. The molecule has 3 aliphatic rings. The minimum atomic E-state index is -0.286. The van der Waals surface area contributed by atoms with Gasteiger partial charge in [-0.1, -0.05) is 55.7 Å². The molecule has 154 valence electrons. The van der Waals surface area contributed by atoms with Crippen LogP contribution in [0.2, 0.25) is 0 Å². The number of rotatable bonds is 3. The van der Waals surface area contributed by atoms with Crippen LogP contribution in [-0.2, 0) is 11.2 Å². The van der Waals surface area contributed by atoms with E-state index in [4.69, 9.17) is 0 Å². The maximum absolute atomic E-state index is 13.5. The van der Waals surface area contributed by atoms with E-state index in [-0.39, 0.29) is 36.2 Å². The van der Waals surface area contributed by atoms with Gasteiger partial charge in [0.05, 0.1) is 23.7 Å². The van der Waals surface area contributed by atoms with E-state index in [0.717, 1.165) is 37.7 Å². The maximum Gasteiger partial charge on any atom is 0.261 e. The molecule has 2 aliphatic heterocycles. The van der Waals surface area contributed by atoms with Crippen LogP contribution in [0.3, 0.4) is 0 Å². The Balaban J connectivity index is 1.47. The normalized spacial score (nSPS) is 21.5. The lowest BCUT2D eigenvalue weighted by Crippen LogP contribution is -2.48. The molecule has 0 saturated heterocycles. The SMILES string of the molecule is O=C1c2ccccc2C(=O)N1C[C@@H]1c2ccccc2CCN1C(=O)C1CCCCC1. The van der Waals surface area contributed by atoms with E-state index >= 15 is 0 Å². The van der Waals surface area contributed by atoms with Crippen LogP contribution in [0.4, 0.5) is 0 Å². The van der Waals surface area contributed by atoms with E-state index < -0.39 is 0 Å². The monoisotopic (exact) mass is 402 g/mol. The third-order valence-corrected chi connectivity index (χ3v) is 6.88. The Labute approximate surface area is 176 Å². The number of nitrogens with zero attached hydrogens (tertiary/aromatic N) is 2. The van der Waals surface area contributed by atoms with Gasteiger partial charge in [-0.05, 0) is 42.5 Å². The summed E-state index contributed by atoms with van der Waals surface area (Å²) in [5.41, 5.74) is 3.17. The number of imide groups is 1. The molecule has 5 nitrogen and oxygen atoms in total. The van der Waals surface area contributed by atoms with Crippen LogP contribution >= 0.6 is 0 Å². The lowest BCUT2D eigenvalue weighted by atomic mass is 9.85. The lowest BCUT2D eigenvalue weighted by molar-refractivity contribution is -0.139. The van der Waals surface area contributed by atoms with Crippen LogP contribution in [0, 0.1) is 5.92 Å². The van der Waals surface area contributed by atoms with Crippen LogP contribution in [-0.4, -0.2) is 40.6 Å². The highest BCUT2D eigenvalue weighted by Crippen LogP contribution is 2.36. The second-order valence-electron chi connectivity index (χ2n) is 8.60. The molecule has 2 aromatic rings. The first-order valence-corrected chi connectivity index (χ1v) is 11.0. The molecule has 5 heteroatoms. The summed E-state index contributed by atoms with van der Waals surface area (Å²) in [5.74, 6) is -0.271. The Bertz CT molecular complexity index is 974. The molecule has 0 aromatic heterocycles. The van der Waals surface area contributed by atoms with Gasteiger partial charge in [0.25, 0.3) is 11.8 Å². The molecule has 1 aliphatic carbocycles. The average molecular weight is 402 g/mol. The van der Waals surface area contributed by atoms with Gasteiger partial charge in [0.2, 0.25) is 5.91 Å². The van der Waals surface area contributed by atoms with Gasteiger partial charge in [-0.3, -0.25) is 19.3 Å². The van der Waals surface area contributed by atoms with Crippen molar-refractivity contribution >= 4 is 17.7 Å². The summed E-state index contributed by atoms with van der Waals surface area (Å²) in [6.45, 7) is 0.849. The molecule has 30 heavy (non-hydrogen) atoms. The van der Waals surface area contributed by atoms with Crippen LogP contribution in [0.25, 0.3) is 0 Å². The zero-order valence-electron chi connectivity index (χ0n) is 17.0. The molecular formula is C25H26N2O3. The molecule has 2 aromatic carbocycles. The fourth-order valence-corrected chi connectivity index (χ4v) is 5.27. The van der Waals surface area contributed by atoms with Gasteiger partial charge in [0.1, 0.15) is 0 Å². The summed E-state index contributed by atoms with van der Waals surface area (Å²) in [7, 11) is 0. The van der Waals surface area contributed by atoms with Crippen molar-refractivity contribution in [2.75, 3.05) is 13.1 Å². The van der Waals surface area contributed by atoms with Gasteiger partial charge >= 0.3 is 0 Å². The van der Waals surface area contributed by atoms with Gasteiger partial charge in [-0.15, -0.1) is 0 Å². The smallest absolute Gasteiger partial charge is 0.261 e. The third-order valence-electron chi connectivity index (χ3n) is 6.88. The van der Waals surface area contributed by atoms with Crippen molar-refractivity contribution in [1.29, 1.82) is 0 Å². The maximum atomic E-state index is 13.5. The van der Waals surface area contributed by atoms with Crippen molar-refractivity contribution in [2.24, 2.45) is 5.92 Å². The Hall–Kier alpha value is -2.95. The molecule has 1 fully saturated rings. The lowest BCUT2D eigenvalue weighted by Gasteiger charge is -2.41. The molecule has 0 radical (unpaired) electrons. The van der Waals surface area contributed by atoms with Crippen molar-refractivity contribution < 1.29 is 14.4 Å². The van der Waals surface area contributed by atoms with E-state index in [1.165, 1.54) is 16.9 Å². The minimum absolute atomic E-state index is 0.0636. The van der Waals surface area contributed by atoms with Crippen LogP contribution in [0.15, 0.2) is 48.5 Å². The Morgan fingerprint density at radius 1 is 0.867 bits per heavy atom. The topological polar surface area (TPSA) is 57.7 Å². The van der Waals surface area contributed by atoms with Crippen molar-refractivity contribution in [3.8, 4) is 0 Å². The van der Waals surface area contributed by atoms with Gasteiger partial charge in [0.15, 0.2) is 0 Å². The first-order chi connectivity index (χ1) is 14.6. The van der Waals surface area contributed by atoms with Gasteiger partial charge in [-0.2, -0.15) is 0 Å². The molecule has 1 saturated carbocycles. The molecule has 3 amide bonds. The Kier molecular flexibility index (Phi) is 4.89. The number of benzene rings is 2. The molecule has 0 unspecified atom stereocenters. The largest absolute Gasteiger partial charge is 0.333 e. The number of amides is 3. The second kappa shape index (κ2) is 7.71. The zero-order valence-corrected chi connectivity index (χ0v) is 17.0. The summed E-state index contributed by atoms with van der Waals surface area (Å²) in [6, 6.07) is 14.8. The van der Waals surface area contributed by atoms with Crippen molar-refractivity contribution in [1.82, 2.24) is 9.80 Å². The molecular weight excluding hydrogens is 376 g/mol. The first kappa shape index (κ1) is 19.0. The second-order valence-corrected chi connectivity index (χ2v) is 8.60. The highest BCUT2D eigenvalue weighted by atomic mass is 16.2. The van der Waals surface area contributed by atoms with Gasteiger partial charge in [-0.25, -0.2) is 0 Å². The minimum Gasteiger partial charge on any atom is -0.333 e.